The highest BCUT2D eigenvalue weighted by Gasteiger charge is 2.06. The van der Waals surface area contributed by atoms with Crippen molar-refractivity contribution in [3.63, 3.8) is 0 Å². The number of nitrogens with zero attached hydrogens (tertiary/aromatic N) is 2. The van der Waals surface area contributed by atoms with E-state index in [4.69, 9.17) is 5.73 Å². The monoisotopic (exact) mass is 145 g/mol. The fourth-order valence-corrected chi connectivity index (χ4v) is 0.479. The van der Waals surface area contributed by atoms with E-state index in [1.54, 1.807) is 0 Å². The molecule has 1 aromatic rings. The van der Waals surface area contributed by atoms with Crippen LogP contribution in [0, 0.1) is 18.8 Å². The molecule has 10 heavy (non-hydrogen) atoms. The molecule has 0 saturated heterocycles. The maximum absolute atomic E-state index is 12.4. The fourth-order valence-electron chi connectivity index (χ4n) is 0.479. The van der Waals surface area contributed by atoms with Crippen molar-refractivity contribution >= 4 is 5.95 Å². The van der Waals surface area contributed by atoms with Crippen LogP contribution in [0.25, 0.3) is 0 Å². The molecule has 0 aromatic carbocycles. The van der Waals surface area contributed by atoms with Gasteiger partial charge in [-0.15, -0.1) is 0 Å². The topological polar surface area (TPSA) is 51.8 Å². The van der Waals surface area contributed by atoms with Gasteiger partial charge in [0.15, 0.2) is 0 Å². The number of anilines is 1. The SMILES string of the molecule is Cc1c(F)nc(N)nc1F. The number of nitrogens with two attached hydrogens (primary N) is 1. The smallest absolute Gasteiger partial charge is 0.225 e. The third-order valence-electron chi connectivity index (χ3n) is 1.04. The normalized spacial score (nSPS) is 9.90. The second-order valence-corrected chi connectivity index (χ2v) is 1.79. The standard InChI is InChI=1S/C5H5F2N3/c1-2-3(6)9-5(8)10-4(2)7/h1H3,(H2,8,9,10). The summed E-state index contributed by atoms with van der Waals surface area (Å²) in [6.45, 7) is 1.24. The van der Waals surface area contributed by atoms with Crippen molar-refractivity contribution in [2.75, 3.05) is 5.73 Å². The summed E-state index contributed by atoms with van der Waals surface area (Å²) in [4.78, 5) is 6.19. The van der Waals surface area contributed by atoms with E-state index in [0.717, 1.165) is 0 Å². The second kappa shape index (κ2) is 2.17. The lowest BCUT2D eigenvalue weighted by Crippen LogP contribution is -2.02. The van der Waals surface area contributed by atoms with Gasteiger partial charge < -0.3 is 5.73 Å². The molecule has 54 valence electrons. The van der Waals surface area contributed by atoms with E-state index in [2.05, 4.69) is 9.97 Å². The average molecular weight is 145 g/mol. The van der Waals surface area contributed by atoms with E-state index in [-0.39, 0.29) is 11.5 Å². The van der Waals surface area contributed by atoms with Crippen molar-refractivity contribution in [3.05, 3.63) is 17.5 Å². The van der Waals surface area contributed by atoms with Crippen LogP contribution in [-0.4, -0.2) is 9.97 Å². The molecule has 0 atom stereocenters. The van der Waals surface area contributed by atoms with Gasteiger partial charge in [0.1, 0.15) is 0 Å². The Morgan fingerprint density at radius 3 is 2.00 bits per heavy atom. The summed E-state index contributed by atoms with van der Waals surface area (Å²) in [5.74, 6) is -2.21. The third-order valence-corrected chi connectivity index (χ3v) is 1.04. The van der Waals surface area contributed by atoms with Crippen LogP contribution >= 0.6 is 0 Å². The van der Waals surface area contributed by atoms with Gasteiger partial charge in [-0.3, -0.25) is 0 Å². The Hall–Kier alpha value is -1.26. The highest BCUT2D eigenvalue weighted by Crippen LogP contribution is 2.06. The van der Waals surface area contributed by atoms with Crippen molar-refractivity contribution in [3.8, 4) is 0 Å². The molecular formula is C5H5F2N3. The molecule has 0 bridgehead atoms. The lowest BCUT2D eigenvalue weighted by molar-refractivity contribution is 0.514. The van der Waals surface area contributed by atoms with E-state index < -0.39 is 11.9 Å². The number of nitrogen functional groups attached to an aromatic ring is 1. The van der Waals surface area contributed by atoms with E-state index in [9.17, 15) is 8.78 Å². The maximum atomic E-state index is 12.4. The number of rotatable bonds is 0. The number of hydrogen-bond acceptors (Lipinski definition) is 3. The molecule has 0 aliphatic rings. The first-order chi connectivity index (χ1) is 4.61. The van der Waals surface area contributed by atoms with Crippen LogP contribution in [0.2, 0.25) is 0 Å². The van der Waals surface area contributed by atoms with Gasteiger partial charge >= 0.3 is 0 Å². The molecule has 0 fully saturated rings. The summed E-state index contributed by atoms with van der Waals surface area (Å²) in [5.41, 5.74) is 4.71. The predicted octanol–water partition coefficient (Wildman–Crippen LogP) is 0.645. The first-order valence-electron chi connectivity index (χ1n) is 2.56. The minimum atomic E-state index is -0.912. The average Bonchev–Trinajstić information content (AvgIpc) is 1.82. The van der Waals surface area contributed by atoms with Crippen molar-refractivity contribution in [2.24, 2.45) is 0 Å². The zero-order valence-corrected chi connectivity index (χ0v) is 5.23. The van der Waals surface area contributed by atoms with Crippen molar-refractivity contribution in [2.45, 2.75) is 6.92 Å². The molecule has 0 aliphatic heterocycles. The first-order valence-corrected chi connectivity index (χ1v) is 2.56. The molecule has 0 unspecified atom stereocenters. The van der Waals surface area contributed by atoms with Gasteiger partial charge in [0.2, 0.25) is 17.8 Å². The first kappa shape index (κ1) is 6.85. The van der Waals surface area contributed by atoms with Crippen LogP contribution < -0.4 is 5.73 Å². The molecule has 1 rings (SSSR count). The molecule has 1 aromatic heterocycles. The highest BCUT2D eigenvalue weighted by atomic mass is 19.1. The van der Waals surface area contributed by atoms with Gasteiger partial charge in [-0.2, -0.15) is 18.7 Å². The highest BCUT2D eigenvalue weighted by molar-refractivity contribution is 5.18. The molecule has 1 heterocycles. The molecule has 2 N–H and O–H groups in total. The molecule has 0 spiro atoms. The zero-order chi connectivity index (χ0) is 7.72. The minimum Gasteiger partial charge on any atom is -0.368 e. The Kier molecular flexibility index (Phi) is 1.48. The Morgan fingerprint density at radius 1 is 1.20 bits per heavy atom. The van der Waals surface area contributed by atoms with Crippen molar-refractivity contribution in [1.29, 1.82) is 0 Å². The van der Waals surface area contributed by atoms with Gasteiger partial charge in [0, 0.05) is 0 Å². The van der Waals surface area contributed by atoms with Gasteiger partial charge in [-0.05, 0) is 6.92 Å². The molecular weight excluding hydrogens is 140 g/mol. The van der Waals surface area contributed by atoms with E-state index in [1.165, 1.54) is 6.92 Å². The summed E-state index contributed by atoms with van der Waals surface area (Å²) in [7, 11) is 0. The summed E-state index contributed by atoms with van der Waals surface area (Å²) in [5, 5.41) is 0. The summed E-state index contributed by atoms with van der Waals surface area (Å²) < 4.78 is 24.7. The number of halogens is 2. The molecule has 0 saturated carbocycles. The van der Waals surface area contributed by atoms with Crippen molar-refractivity contribution in [1.82, 2.24) is 9.97 Å². The fraction of sp³-hybridized carbons (Fsp3) is 0.200. The van der Waals surface area contributed by atoms with Gasteiger partial charge in [-0.1, -0.05) is 0 Å². The quantitative estimate of drug-likeness (QED) is 0.545. The van der Waals surface area contributed by atoms with E-state index in [0.29, 0.717) is 0 Å². The van der Waals surface area contributed by atoms with Crippen LogP contribution in [0.3, 0.4) is 0 Å². The molecule has 0 aliphatic carbocycles. The van der Waals surface area contributed by atoms with Gasteiger partial charge in [0.25, 0.3) is 0 Å². The molecule has 0 amide bonds. The van der Waals surface area contributed by atoms with E-state index in [1.807, 2.05) is 0 Å². The predicted molar refractivity (Wildman–Crippen MR) is 31.1 cm³/mol. The van der Waals surface area contributed by atoms with Crippen LogP contribution in [0.1, 0.15) is 5.56 Å². The lowest BCUT2D eigenvalue weighted by atomic mass is 10.4. The van der Waals surface area contributed by atoms with Crippen LogP contribution in [-0.2, 0) is 0 Å². The lowest BCUT2D eigenvalue weighted by Gasteiger charge is -1.96. The van der Waals surface area contributed by atoms with Crippen LogP contribution in [0.15, 0.2) is 0 Å². The number of hydrogen-bond donors (Lipinski definition) is 1. The second-order valence-electron chi connectivity index (χ2n) is 1.79. The van der Waals surface area contributed by atoms with Crippen molar-refractivity contribution < 1.29 is 8.78 Å². The Balaban J connectivity index is 3.31. The summed E-state index contributed by atoms with van der Waals surface area (Å²) in [6.07, 6.45) is 0. The minimum absolute atomic E-state index is 0.214. The maximum Gasteiger partial charge on any atom is 0.225 e. The van der Waals surface area contributed by atoms with Gasteiger partial charge in [-0.25, -0.2) is 0 Å². The molecule has 5 heteroatoms. The molecule has 0 radical (unpaired) electrons. The molecule has 3 nitrogen and oxygen atoms in total. The Morgan fingerprint density at radius 2 is 1.60 bits per heavy atom. The van der Waals surface area contributed by atoms with Gasteiger partial charge in [0.05, 0.1) is 5.56 Å². The van der Waals surface area contributed by atoms with Crippen LogP contribution in [0.4, 0.5) is 14.7 Å². The van der Waals surface area contributed by atoms with E-state index >= 15 is 0 Å². The summed E-state index contributed by atoms with van der Waals surface area (Å²) in [6, 6.07) is 0. The van der Waals surface area contributed by atoms with Crippen LogP contribution in [0.5, 0.6) is 0 Å². The third kappa shape index (κ3) is 1.02. The largest absolute Gasteiger partial charge is 0.368 e. The Labute approximate surface area is 55.9 Å². The zero-order valence-electron chi connectivity index (χ0n) is 5.23. The summed E-state index contributed by atoms with van der Waals surface area (Å²) >= 11 is 0. The number of aromatic nitrogens is 2. The Bertz CT molecular complexity index is 238.